The molecule has 5 aliphatic carbocycles. The minimum absolute atomic E-state index is 0.0833. The molecule has 5 aliphatic rings. The van der Waals surface area contributed by atoms with Crippen molar-refractivity contribution in [2.75, 3.05) is 0 Å². The van der Waals surface area contributed by atoms with Crippen molar-refractivity contribution in [2.45, 2.75) is 84.1 Å². The molecular weight excluding hydrogens is 294 g/mol. The Morgan fingerprint density at radius 1 is 0.917 bits per heavy atom. The van der Waals surface area contributed by atoms with Crippen LogP contribution in [0.5, 0.6) is 0 Å². The van der Waals surface area contributed by atoms with Gasteiger partial charge in [0.1, 0.15) is 0 Å². The van der Waals surface area contributed by atoms with Gasteiger partial charge in [0, 0.05) is 11.1 Å². The minimum atomic E-state index is 0.0833. The van der Waals surface area contributed by atoms with E-state index >= 15 is 0 Å². The maximum Gasteiger partial charge on any atom is 0.246 e. The second-order valence-corrected chi connectivity index (χ2v) is 10.4. The summed E-state index contributed by atoms with van der Waals surface area (Å²) in [5.41, 5.74) is 1.25. The Hall–Kier alpha value is -0.790. The molecule has 0 aliphatic heterocycles. The van der Waals surface area contributed by atoms with Crippen LogP contribution >= 0.6 is 0 Å². The van der Waals surface area contributed by atoms with Crippen LogP contribution in [0.2, 0.25) is 0 Å². The van der Waals surface area contributed by atoms with Crippen molar-refractivity contribution in [3.63, 3.8) is 0 Å². The van der Waals surface area contributed by atoms with Crippen LogP contribution in [0, 0.1) is 35.0 Å². The molecule has 0 unspecified atom stereocenters. The molecule has 0 heterocycles. The molecule has 0 spiro atoms. The van der Waals surface area contributed by atoms with Gasteiger partial charge in [0.25, 0.3) is 0 Å². The van der Waals surface area contributed by atoms with E-state index in [4.69, 9.17) is 0 Å². The lowest BCUT2D eigenvalue weighted by atomic mass is 9.44. The molecule has 0 aromatic rings. The molecule has 2 nitrogen and oxygen atoms in total. The van der Waals surface area contributed by atoms with Crippen LogP contribution in [0.3, 0.4) is 0 Å². The molecule has 2 heteroatoms. The van der Waals surface area contributed by atoms with Crippen molar-refractivity contribution in [1.82, 2.24) is 5.32 Å². The second kappa shape index (κ2) is 5.61. The summed E-state index contributed by atoms with van der Waals surface area (Å²) in [6, 6.07) is 0. The lowest BCUT2D eigenvalue weighted by Gasteiger charge is -2.65. The number of carbonyl (C=O) groups excluding carboxylic acids is 1. The Morgan fingerprint density at radius 3 is 1.88 bits per heavy atom. The fraction of sp³-hybridized carbons (Fsp3) is 0.864. The van der Waals surface area contributed by atoms with E-state index in [1.807, 2.05) is 6.92 Å². The molecule has 24 heavy (non-hydrogen) atoms. The van der Waals surface area contributed by atoms with Gasteiger partial charge in [0.05, 0.1) is 0 Å². The molecule has 0 radical (unpaired) electrons. The van der Waals surface area contributed by atoms with Gasteiger partial charge < -0.3 is 5.32 Å². The third-order valence-electron chi connectivity index (χ3n) is 8.22. The van der Waals surface area contributed by atoms with Crippen LogP contribution in [-0.2, 0) is 4.79 Å². The normalized spacial score (nSPS) is 43.6. The summed E-state index contributed by atoms with van der Waals surface area (Å²) >= 11 is 0. The third-order valence-corrected chi connectivity index (χ3v) is 8.22. The first-order valence-corrected chi connectivity index (χ1v) is 10.3. The lowest BCUT2D eigenvalue weighted by Crippen LogP contribution is -2.70. The fourth-order valence-electron chi connectivity index (χ4n) is 7.12. The summed E-state index contributed by atoms with van der Waals surface area (Å²) in [6.45, 7) is 10.6. The maximum absolute atomic E-state index is 12.7. The summed E-state index contributed by atoms with van der Waals surface area (Å²) in [5, 5.41) is 3.63. The van der Waals surface area contributed by atoms with E-state index in [1.165, 1.54) is 57.8 Å². The van der Waals surface area contributed by atoms with Crippen LogP contribution in [0.15, 0.2) is 12.2 Å². The highest BCUT2D eigenvalue weighted by molar-refractivity contribution is 5.92. The molecule has 4 bridgehead atoms. The molecule has 0 aromatic heterocycles. The van der Waals surface area contributed by atoms with Crippen molar-refractivity contribution >= 4 is 5.91 Å². The van der Waals surface area contributed by atoms with Crippen LogP contribution in [0.4, 0.5) is 0 Å². The Bertz CT molecular complexity index is 508. The molecule has 0 atom stereocenters. The van der Waals surface area contributed by atoms with Gasteiger partial charge in [-0.2, -0.15) is 0 Å². The van der Waals surface area contributed by atoms with Crippen molar-refractivity contribution in [2.24, 2.45) is 35.0 Å². The van der Waals surface area contributed by atoms with Gasteiger partial charge in [0.15, 0.2) is 0 Å². The Balaban J connectivity index is 1.66. The van der Waals surface area contributed by atoms with E-state index in [2.05, 4.69) is 25.7 Å². The molecule has 1 N–H and O–H groups in total. The quantitative estimate of drug-likeness (QED) is 0.718. The van der Waals surface area contributed by atoms with Gasteiger partial charge in [0.2, 0.25) is 5.91 Å². The predicted octanol–water partition coefficient (Wildman–Crippen LogP) is 5.09. The molecule has 1 amide bonds. The van der Waals surface area contributed by atoms with Gasteiger partial charge in [-0.05, 0) is 99.7 Å². The van der Waals surface area contributed by atoms with Crippen LogP contribution in [0.1, 0.15) is 78.6 Å². The van der Waals surface area contributed by atoms with Gasteiger partial charge >= 0.3 is 0 Å². The van der Waals surface area contributed by atoms with Gasteiger partial charge in [-0.1, -0.05) is 20.4 Å². The molecule has 5 fully saturated rings. The number of carbonyl (C=O) groups is 1. The first-order chi connectivity index (χ1) is 11.3. The smallest absolute Gasteiger partial charge is 0.246 e. The molecule has 0 aromatic carbocycles. The molecule has 0 saturated heterocycles. The first kappa shape index (κ1) is 16.7. The van der Waals surface area contributed by atoms with Gasteiger partial charge in [-0.25, -0.2) is 0 Å². The zero-order valence-electron chi connectivity index (χ0n) is 15.9. The highest BCUT2D eigenvalue weighted by Gasteiger charge is 2.61. The average molecular weight is 330 g/mol. The van der Waals surface area contributed by atoms with Crippen molar-refractivity contribution in [3.05, 3.63) is 12.2 Å². The second-order valence-electron chi connectivity index (χ2n) is 10.4. The third kappa shape index (κ3) is 2.56. The zero-order valence-corrected chi connectivity index (χ0v) is 15.9. The highest BCUT2D eigenvalue weighted by Crippen LogP contribution is 2.62. The summed E-state index contributed by atoms with van der Waals surface area (Å²) < 4.78 is 0. The topological polar surface area (TPSA) is 29.1 Å². The Morgan fingerprint density at radius 2 is 1.42 bits per heavy atom. The number of hydrogen-bond acceptors (Lipinski definition) is 1. The van der Waals surface area contributed by atoms with E-state index in [1.54, 1.807) is 0 Å². The Labute approximate surface area is 147 Å². The van der Waals surface area contributed by atoms with E-state index in [0.29, 0.717) is 16.9 Å². The van der Waals surface area contributed by atoms with E-state index < -0.39 is 0 Å². The fourth-order valence-corrected chi connectivity index (χ4v) is 7.12. The van der Waals surface area contributed by atoms with Gasteiger partial charge in [-0.15, -0.1) is 0 Å². The number of hydrogen-bond donors (Lipinski definition) is 1. The van der Waals surface area contributed by atoms with Crippen molar-refractivity contribution < 1.29 is 4.79 Å². The monoisotopic (exact) mass is 329 g/mol. The summed E-state index contributed by atoms with van der Waals surface area (Å²) in [7, 11) is 0. The zero-order chi connectivity index (χ0) is 17.1. The maximum atomic E-state index is 12.7. The van der Waals surface area contributed by atoms with Crippen molar-refractivity contribution in [1.29, 1.82) is 0 Å². The SMILES string of the molecule is C=C(C)C(=O)NC1(C2CCC(C)(C)CC2)C2CC3CC(C2)CC1C3. The largest absolute Gasteiger partial charge is 0.346 e. The lowest BCUT2D eigenvalue weighted by molar-refractivity contribution is -0.139. The minimum Gasteiger partial charge on any atom is -0.346 e. The molecular formula is C22H35NO. The molecule has 5 rings (SSSR count). The van der Waals surface area contributed by atoms with E-state index in [-0.39, 0.29) is 11.4 Å². The van der Waals surface area contributed by atoms with Crippen LogP contribution < -0.4 is 5.32 Å². The van der Waals surface area contributed by atoms with Crippen LogP contribution in [0.25, 0.3) is 0 Å². The van der Waals surface area contributed by atoms with Crippen LogP contribution in [-0.4, -0.2) is 11.4 Å². The number of amides is 1. The van der Waals surface area contributed by atoms with E-state index in [0.717, 1.165) is 23.7 Å². The summed E-state index contributed by atoms with van der Waals surface area (Å²) in [6.07, 6.45) is 12.1. The standard InChI is InChI=1S/C22H35NO/c1-14(2)20(24)23-22(17-5-7-21(3,4)8-6-17)18-10-15-9-16(12-18)13-19(22)11-15/h15-19H,1,5-13H2,2-4H3,(H,23,24). The summed E-state index contributed by atoms with van der Waals surface area (Å²) in [4.78, 5) is 12.7. The molecule has 5 saturated carbocycles. The number of nitrogens with one attached hydrogen (secondary N) is 1. The van der Waals surface area contributed by atoms with E-state index in [9.17, 15) is 4.79 Å². The number of rotatable bonds is 3. The predicted molar refractivity (Wildman–Crippen MR) is 98.5 cm³/mol. The molecule has 134 valence electrons. The van der Waals surface area contributed by atoms with Gasteiger partial charge in [-0.3, -0.25) is 4.79 Å². The highest BCUT2D eigenvalue weighted by atomic mass is 16.1. The first-order valence-electron chi connectivity index (χ1n) is 10.3. The van der Waals surface area contributed by atoms with Crippen molar-refractivity contribution in [3.8, 4) is 0 Å². The summed E-state index contributed by atoms with van der Waals surface area (Å²) in [5.74, 6) is 4.15. The average Bonchev–Trinajstić information content (AvgIpc) is 2.50. The Kier molecular flexibility index (Phi) is 3.89.